The zero-order valence-electron chi connectivity index (χ0n) is 14.0. The maximum absolute atomic E-state index is 6.26. The van der Waals surface area contributed by atoms with Crippen molar-refractivity contribution in [2.75, 3.05) is 19.8 Å². The van der Waals surface area contributed by atoms with Crippen molar-refractivity contribution in [3.05, 3.63) is 65.8 Å². The maximum atomic E-state index is 6.26. The molecule has 0 atom stereocenters. The summed E-state index contributed by atoms with van der Waals surface area (Å²) >= 11 is 0. The Hall–Kier alpha value is -2.10. The van der Waals surface area contributed by atoms with Crippen LogP contribution in [0.1, 0.15) is 25.3 Å². The van der Waals surface area contributed by atoms with Crippen molar-refractivity contribution < 1.29 is 14.2 Å². The van der Waals surface area contributed by atoms with Crippen LogP contribution in [0.2, 0.25) is 0 Å². The van der Waals surface area contributed by atoms with E-state index in [0.717, 1.165) is 29.5 Å². The smallest absolute Gasteiger partial charge is 0.222 e. The van der Waals surface area contributed by atoms with Crippen molar-refractivity contribution in [1.82, 2.24) is 0 Å². The molecule has 2 aromatic carbocycles. The van der Waals surface area contributed by atoms with Gasteiger partial charge < -0.3 is 14.2 Å². The van der Waals surface area contributed by atoms with E-state index >= 15 is 0 Å². The average molecular weight is 322 g/mol. The van der Waals surface area contributed by atoms with Gasteiger partial charge in [0.2, 0.25) is 5.79 Å². The second-order valence-electron chi connectivity index (χ2n) is 6.07. The second kappa shape index (κ2) is 6.42. The molecule has 0 aromatic heterocycles. The Kier molecular flexibility index (Phi) is 4.13. The summed E-state index contributed by atoms with van der Waals surface area (Å²) in [7, 11) is 0. The molecule has 1 saturated heterocycles. The van der Waals surface area contributed by atoms with Gasteiger partial charge in [-0.25, -0.2) is 0 Å². The molecule has 0 amide bonds. The Bertz CT molecular complexity index is 798. The standard InChI is InChI=1S/C21H22O3/c1-2-22-19-13-12-16-8-6-7-11-18(16)20(19)21(23-14-15-24-21)17-9-4-3-5-10-17/h3-4,6-9,11-13H,2,5,10,14-15H2,1H3. The molecule has 0 unspecified atom stereocenters. The van der Waals surface area contributed by atoms with E-state index < -0.39 is 5.79 Å². The molecule has 3 heteroatoms. The summed E-state index contributed by atoms with van der Waals surface area (Å²) in [6, 6.07) is 12.5. The quantitative estimate of drug-likeness (QED) is 0.815. The van der Waals surface area contributed by atoms with Crippen LogP contribution < -0.4 is 4.74 Å². The third-order valence-electron chi connectivity index (χ3n) is 4.65. The highest BCUT2D eigenvalue weighted by Crippen LogP contribution is 2.48. The van der Waals surface area contributed by atoms with E-state index in [1.54, 1.807) is 0 Å². The lowest BCUT2D eigenvalue weighted by Gasteiger charge is -2.33. The van der Waals surface area contributed by atoms with Crippen LogP contribution in [0.3, 0.4) is 0 Å². The molecule has 1 heterocycles. The highest BCUT2D eigenvalue weighted by atomic mass is 16.7. The van der Waals surface area contributed by atoms with Crippen molar-refractivity contribution in [2.45, 2.75) is 25.6 Å². The molecule has 1 aliphatic carbocycles. The van der Waals surface area contributed by atoms with Crippen molar-refractivity contribution in [1.29, 1.82) is 0 Å². The summed E-state index contributed by atoms with van der Waals surface area (Å²) in [6.45, 7) is 3.80. The van der Waals surface area contributed by atoms with E-state index in [9.17, 15) is 0 Å². The van der Waals surface area contributed by atoms with Gasteiger partial charge in [0.15, 0.2) is 0 Å². The molecular weight excluding hydrogens is 300 g/mol. The van der Waals surface area contributed by atoms with Crippen LogP contribution in [-0.2, 0) is 15.3 Å². The lowest BCUT2D eigenvalue weighted by molar-refractivity contribution is -0.135. The SMILES string of the molecule is CCOc1ccc2ccccc2c1C1(C2=CC=CCC2)OCCO1. The van der Waals surface area contributed by atoms with Crippen LogP contribution in [0.15, 0.2) is 60.2 Å². The first kappa shape index (κ1) is 15.4. The van der Waals surface area contributed by atoms with Gasteiger partial charge in [-0.1, -0.05) is 48.6 Å². The highest BCUT2D eigenvalue weighted by molar-refractivity contribution is 5.89. The molecule has 0 saturated carbocycles. The minimum atomic E-state index is -0.837. The van der Waals surface area contributed by atoms with Crippen LogP contribution in [-0.4, -0.2) is 19.8 Å². The van der Waals surface area contributed by atoms with Crippen LogP contribution >= 0.6 is 0 Å². The van der Waals surface area contributed by atoms with Gasteiger partial charge in [0.1, 0.15) is 5.75 Å². The van der Waals surface area contributed by atoms with Crippen molar-refractivity contribution in [2.24, 2.45) is 0 Å². The molecule has 2 aromatic rings. The zero-order chi connectivity index (χ0) is 16.4. The van der Waals surface area contributed by atoms with Crippen LogP contribution in [0, 0.1) is 0 Å². The predicted molar refractivity (Wildman–Crippen MR) is 95.2 cm³/mol. The van der Waals surface area contributed by atoms with E-state index in [-0.39, 0.29) is 0 Å². The molecule has 0 radical (unpaired) electrons. The van der Waals surface area contributed by atoms with Crippen molar-refractivity contribution in [3.8, 4) is 5.75 Å². The Morgan fingerprint density at radius 1 is 1.08 bits per heavy atom. The summed E-state index contributed by atoms with van der Waals surface area (Å²) in [5.74, 6) is 0.00408. The molecule has 24 heavy (non-hydrogen) atoms. The molecule has 1 aliphatic heterocycles. The fraction of sp³-hybridized carbons (Fsp3) is 0.333. The number of ether oxygens (including phenoxy) is 3. The highest BCUT2D eigenvalue weighted by Gasteiger charge is 2.45. The summed E-state index contributed by atoms with van der Waals surface area (Å²) in [5, 5.41) is 2.29. The predicted octanol–water partition coefficient (Wildman–Crippen LogP) is 4.71. The largest absolute Gasteiger partial charge is 0.493 e. The van der Waals surface area contributed by atoms with Gasteiger partial charge in [0.25, 0.3) is 0 Å². The molecule has 0 bridgehead atoms. The van der Waals surface area contributed by atoms with Gasteiger partial charge in [-0.05, 0) is 42.2 Å². The van der Waals surface area contributed by atoms with E-state index in [1.807, 2.05) is 13.0 Å². The molecule has 3 nitrogen and oxygen atoms in total. The zero-order valence-corrected chi connectivity index (χ0v) is 14.0. The topological polar surface area (TPSA) is 27.7 Å². The van der Waals surface area contributed by atoms with Gasteiger partial charge >= 0.3 is 0 Å². The number of rotatable bonds is 4. The third-order valence-corrected chi connectivity index (χ3v) is 4.65. The number of fused-ring (bicyclic) bond motifs is 1. The molecular formula is C21H22O3. The Morgan fingerprint density at radius 2 is 1.92 bits per heavy atom. The van der Waals surface area contributed by atoms with Crippen LogP contribution in [0.5, 0.6) is 5.75 Å². The Morgan fingerprint density at radius 3 is 2.67 bits per heavy atom. The van der Waals surface area contributed by atoms with Gasteiger partial charge in [-0.15, -0.1) is 0 Å². The molecule has 4 rings (SSSR count). The van der Waals surface area contributed by atoms with Crippen LogP contribution in [0.25, 0.3) is 10.8 Å². The summed E-state index contributed by atoms with van der Waals surface area (Å²) < 4.78 is 18.5. The Labute approximate surface area is 142 Å². The van der Waals surface area contributed by atoms with E-state index in [4.69, 9.17) is 14.2 Å². The number of benzene rings is 2. The number of hydrogen-bond acceptors (Lipinski definition) is 3. The van der Waals surface area contributed by atoms with Gasteiger partial charge in [-0.2, -0.15) is 0 Å². The van der Waals surface area contributed by atoms with Crippen molar-refractivity contribution >= 4 is 10.8 Å². The first-order valence-corrected chi connectivity index (χ1v) is 8.64. The average Bonchev–Trinajstić information content (AvgIpc) is 3.13. The van der Waals surface area contributed by atoms with E-state index in [1.165, 1.54) is 11.0 Å². The minimum absolute atomic E-state index is 0.593. The van der Waals surface area contributed by atoms with Crippen molar-refractivity contribution in [3.63, 3.8) is 0 Å². The molecule has 2 aliphatic rings. The first-order valence-electron chi connectivity index (χ1n) is 8.64. The summed E-state index contributed by atoms with van der Waals surface area (Å²) in [6.07, 6.45) is 8.35. The fourth-order valence-electron chi connectivity index (χ4n) is 3.65. The van der Waals surface area contributed by atoms with Gasteiger partial charge in [0.05, 0.1) is 25.4 Å². The lowest BCUT2D eigenvalue weighted by Crippen LogP contribution is -2.31. The van der Waals surface area contributed by atoms with E-state index in [2.05, 4.69) is 48.6 Å². The fourth-order valence-corrected chi connectivity index (χ4v) is 3.65. The molecule has 0 N–H and O–H groups in total. The molecule has 0 spiro atoms. The first-order chi connectivity index (χ1) is 11.8. The monoisotopic (exact) mass is 322 g/mol. The lowest BCUT2D eigenvalue weighted by atomic mass is 9.87. The van der Waals surface area contributed by atoms with E-state index in [0.29, 0.717) is 19.8 Å². The van der Waals surface area contributed by atoms with Gasteiger partial charge in [-0.3, -0.25) is 0 Å². The molecule has 124 valence electrons. The Balaban J connectivity index is 1.99. The second-order valence-corrected chi connectivity index (χ2v) is 6.07. The number of hydrogen-bond donors (Lipinski definition) is 0. The normalized spacial score (nSPS) is 19.5. The summed E-state index contributed by atoms with van der Waals surface area (Å²) in [4.78, 5) is 0. The maximum Gasteiger partial charge on any atom is 0.222 e. The summed E-state index contributed by atoms with van der Waals surface area (Å²) in [5.41, 5.74) is 2.17. The van der Waals surface area contributed by atoms with Gasteiger partial charge in [0, 0.05) is 0 Å². The minimum Gasteiger partial charge on any atom is -0.493 e. The van der Waals surface area contributed by atoms with Crippen LogP contribution in [0.4, 0.5) is 0 Å². The molecule has 1 fully saturated rings. The number of allylic oxidation sites excluding steroid dienone is 3. The third kappa shape index (κ3) is 2.45.